The van der Waals surface area contributed by atoms with Gasteiger partial charge in [-0.15, -0.1) is 24.8 Å². The fourth-order valence-electron chi connectivity index (χ4n) is 0.0722. The summed E-state index contributed by atoms with van der Waals surface area (Å²) in [5.41, 5.74) is 0. The number of carbonyl (C=O) groups is 1. The van der Waals surface area contributed by atoms with E-state index in [4.69, 9.17) is 0 Å². The van der Waals surface area contributed by atoms with Crippen LogP contribution in [0.15, 0.2) is 0 Å². The van der Waals surface area contributed by atoms with E-state index in [0.717, 1.165) is 0 Å². The fraction of sp³-hybridized carbons (Fsp3) is 0.667. The number of halogens is 2. The third-order valence-corrected chi connectivity index (χ3v) is 0.758. The molecule has 0 spiro atoms. The van der Waals surface area contributed by atoms with Crippen LogP contribution in [0.1, 0.15) is 13.3 Å². The molecule has 8 heavy (non-hydrogen) atoms. The van der Waals surface area contributed by atoms with Crippen molar-refractivity contribution in [3.63, 3.8) is 0 Å². The average Bonchev–Trinajstić information content (AvgIpc) is 1.65. The molecule has 2 nitrogen and oxygen atoms in total. The zero-order chi connectivity index (χ0) is 4.99. The van der Waals surface area contributed by atoms with E-state index >= 15 is 0 Å². The van der Waals surface area contributed by atoms with Gasteiger partial charge in [-0.25, -0.2) is 0 Å². The molecule has 5 heteroatoms. The molecular formula is C3H7Cl2O2Ti. The summed E-state index contributed by atoms with van der Waals surface area (Å²) in [5, 5.41) is 0. The maximum Gasteiger partial charge on any atom is -0.147 e. The first-order chi connectivity index (χ1) is 2.81. The van der Waals surface area contributed by atoms with Gasteiger partial charge >= 0.3 is 48.3 Å². The number of rotatable bonds is 1. The Morgan fingerprint density at radius 2 is 2.00 bits per heavy atom. The molecule has 49 valence electrons. The van der Waals surface area contributed by atoms with Crippen LogP contribution in [0, 0.1) is 0 Å². The standard InChI is InChI=1S/C3H6O2.2ClH.Ti/c1-2-3(4)5;;;/h2H2,1H3,(H,4,5);2*1H;/q;;;+1/p-1. The molecule has 0 heterocycles. The zero-order valence-electron chi connectivity index (χ0n) is 4.34. The van der Waals surface area contributed by atoms with E-state index in [1.807, 2.05) is 0 Å². The topological polar surface area (TPSA) is 26.3 Å². The fourth-order valence-corrected chi connectivity index (χ4v) is 0.298. The molecule has 0 aromatic carbocycles. The molecule has 0 aliphatic heterocycles. The predicted octanol–water partition coefficient (Wildman–Crippen LogP) is 1.24. The van der Waals surface area contributed by atoms with Crippen LogP contribution in [-0.4, -0.2) is 5.97 Å². The summed E-state index contributed by atoms with van der Waals surface area (Å²) in [4.78, 5) is 9.96. The predicted molar refractivity (Wildman–Crippen MR) is 30.9 cm³/mol. The van der Waals surface area contributed by atoms with Gasteiger partial charge in [-0.2, -0.15) is 0 Å². The summed E-state index contributed by atoms with van der Waals surface area (Å²) in [6.45, 7) is 1.76. The van der Waals surface area contributed by atoms with Crippen molar-refractivity contribution in [2.45, 2.75) is 13.3 Å². The maximum atomic E-state index is 9.96. The first-order valence-corrected chi connectivity index (χ1v) is 2.31. The van der Waals surface area contributed by atoms with Crippen molar-refractivity contribution in [2.24, 2.45) is 0 Å². The van der Waals surface area contributed by atoms with Crippen LogP contribution in [0.5, 0.6) is 0 Å². The van der Waals surface area contributed by atoms with Gasteiger partial charge in [-0.05, 0) is 0 Å². The van der Waals surface area contributed by atoms with Crippen LogP contribution in [0.2, 0.25) is 0 Å². The minimum absolute atomic E-state index is 0. The molecule has 0 atom stereocenters. The molecule has 0 saturated carbocycles. The Morgan fingerprint density at radius 3 is 2.00 bits per heavy atom. The first-order valence-electron chi connectivity index (χ1n) is 1.67. The molecule has 0 aromatic heterocycles. The Balaban J connectivity index is -0.000000125. The summed E-state index contributed by atoms with van der Waals surface area (Å²) in [6, 6.07) is 0. The Bertz CT molecular complexity index is 53.2. The second kappa shape index (κ2) is 10.7. The molecule has 0 aromatic rings. The molecule has 0 N–H and O–H groups in total. The number of carbonyl (C=O) groups excluding carboxylic acids is 1. The van der Waals surface area contributed by atoms with Crippen molar-refractivity contribution < 1.29 is 28.9 Å². The Hall–Kier alpha value is 0.764. The Morgan fingerprint density at radius 1 is 1.62 bits per heavy atom. The second-order valence-electron chi connectivity index (χ2n) is 0.828. The first kappa shape index (κ1) is 15.9. The molecule has 0 unspecified atom stereocenters. The minimum atomic E-state index is -0.157. The molecule has 0 rings (SSSR count). The van der Waals surface area contributed by atoms with Gasteiger partial charge in [0.15, 0.2) is 0 Å². The quantitative estimate of drug-likeness (QED) is 0.587. The molecule has 0 bridgehead atoms. The van der Waals surface area contributed by atoms with Crippen molar-refractivity contribution >= 4 is 30.8 Å². The van der Waals surface area contributed by atoms with Crippen LogP contribution in [0.4, 0.5) is 0 Å². The largest absolute Gasteiger partial charge is 0.147 e. The van der Waals surface area contributed by atoms with Crippen molar-refractivity contribution in [2.75, 3.05) is 0 Å². The molecule has 0 radical (unpaired) electrons. The van der Waals surface area contributed by atoms with E-state index < -0.39 is 0 Å². The number of hydrogen-bond acceptors (Lipinski definition) is 2. The summed E-state index contributed by atoms with van der Waals surface area (Å²) in [7, 11) is 0. The van der Waals surface area contributed by atoms with Crippen molar-refractivity contribution in [3.8, 4) is 0 Å². The third kappa shape index (κ3) is 9.90. The minimum Gasteiger partial charge on any atom is -0.147 e. The average molecular weight is 194 g/mol. The van der Waals surface area contributed by atoms with Gasteiger partial charge in [0.25, 0.3) is 0 Å². The second-order valence-corrected chi connectivity index (χ2v) is 1.15. The summed E-state index contributed by atoms with van der Waals surface area (Å²) < 4.78 is 4.26. The maximum absolute atomic E-state index is 9.96. The van der Waals surface area contributed by atoms with Gasteiger partial charge in [0, 0.05) is 0 Å². The van der Waals surface area contributed by atoms with Crippen LogP contribution in [0.25, 0.3) is 0 Å². The van der Waals surface area contributed by atoms with Gasteiger partial charge in [0.05, 0.1) is 0 Å². The van der Waals surface area contributed by atoms with Gasteiger partial charge in [-0.3, -0.25) is 0 Å². The molecule has 0 amide bonds. The summed E-state index contributed by atoms with van der Waals surface area (Å²) in [5.74, 6) is -0.157. The van der Waals surface area contributed by atoms with E-state index in [9.17, 15) is 4.79 Å². The summed E-state index contributed by atoms with van der Waals surface area (Å²) in [6.07, 6.45) is 0.469. The van der Waals surface area contributed by atoms with Crippen molar-refractivity contribution in [1.82, 2.24) is 0 Å². The Labute approximate surface area is 73.1 Å². The molecule has 0 aliphatic carbocycles. The van der Waals surface area contributed by atoms with E-state index in [1.54, 1.807) is 6.92 Å². The van der Waals surface area contributed by atoms with Crippen LogP contribution in [-0.2, 0) is 28.9 Å². The van der Waals surface area contributed by atoms with E-state index in [0.29, 0.717) is 6.42 Å². The van der Waals surface area contributed by atoms with E-state index in [-0.39, 0.29) is 30.8 Å². The molecule has 0 fully saturated rings. The van der Waals surface area contributed by atoms with Gasteiger partial charge in [0.2, 0.25) is 0 Å². The normalized spacial score (nSPS) is 5.50. The van der Waals surface area contributed by atoms with Crippen molar-refractivity contribution in [1.29, 1.82) is 0 Å². The Kier molecular flexibility index (Phi) is 21.3. The third-order valence-electron chi connectivity index (χ3n) is 0.403. The molecular weight excluding hydrogens is 187 g/mol. The van der Waals surface area contributed by atoms with Crippen LogP contribution >= 0.6 is 24.8 Å². The summed E-state index contributed by atoms with van der Waals surface area (Å²) >= 11 is 1.38. The van der Waals surface area contributed by atoms with Crippen LogP contribution in [0.3, 0.4) is 0 Å². The SMILES string of the molecule is CCC(=O)[O][Ti].Cl.Cl. The van der Waals surface area contributed by atoms with Gasteiger partial charge in [0.1, 0.15) is 0 Å². The zero-order valence-corrected chi connectivity index (χ0v) is 7.53. The smallest absolute Gasteiger partial charge is 0.147 e. The molecule has 0 saturated heterocycles. The monoisotopic (exact) mass is 193 g/mol. The van der Waals surface area contributed by atoms with Crippen LogP contribution < -0.4 is 0 Å². The van der Waals surface area contributed by atoms with E-state index in [2.05, 4.69) is 3.32 Å². The molecule has 0 aliphatic rings. The number of hydrogen-bond donors (Lipinski definition) is 0. The van der Waals surface area contributed by atoms with Gasteiger partial charge < -0.3 is 0 Å². The van der Waals surface area contributed by atoms with E-state index in [1.165, 1.54) is 20.8 Å². The van der Waals surface area contributed by atoms with Gasteiger partial charge in [-0.1, -0.05) is 0 Å². The van der Waals surface area contributed by atoms with Crippen molar-refractivity contribution in [3.05, 3.63) is 0 Å².